The largest absolute Gasteiger partial charge is 0.497 e. The maximum atomic E-state index is 12.0. The van der Waals surface area contributed by atoms with E-state index in [1.54, 1.807) is 7.11 Å². The van der Waals surface area contributed by atoms with Gasteiger partial charge in [-0.2, -0.15) is 0 Å². The number of ketones is 1. The number of halogens is 1. The fourth-order valence-electron chi connectivity index (χ4n) is 1.30. The second-order valence-corrected chi connectivity index (χ2v) is 5.67. The van der Waals surface area contributed by atoms with Crippen molar-refractivity contribution in [3.05, 3.63) is 29.8 Å². The number of carbonyl (C=O) groups excluding carboxylic acids is 1. The minimum absolute atomic E-state index is 0.178. The summed E-state index contributed by atoms with van der Waals surface area (Å²) in [6, 6.07) is 7.53. The summed E-state index contributed by atoms with van der Waals surface area (Å²) in [7, 11) is 1.63. The summed E-state index contributed by atoms with van der Waals surface area (Å²) in [5.74, 6) is 0.976. The normalized spacial score (nSPS) is 13.3. The van der Waals surface area contributed by atoms with Gasteiger partial charge in [0.15, 0.2) is 5.78 Å². The summed E-state index contributed by atoms with van der Waals surface area (Å²) in [5, 5.41) is 0. The third kappa shape index (κ3) is 3.08. The summed E-state index contributed by atoms with van der Waals surface area (Å²) >= 11 is 3.44. The van der Waals surface area contributed by atoms with Gasteiger partial charge in [-0.1, -0.05) is 48.8 Å². The molecule has 88 valence electrons. The monoisotopic (exact) mass is 284 g/mol. The van der Waals surface area contributed by atoms with E-state index in [4.69, 9.17) is 4.74 Å². The summed E-state index contributed by atoms with van der Waals surface area (Å²) in [4.78, 5) is 11.8. The minimum Gasteiger partial charge on any atom is -0.497 e. The molecule has 1 unspecified atom stereocenters. The number of carbonyl (C=O) groups is 1. The molecule has 1 aromatic rings. The molecule has 0 aromatic heterocycles. The first-order chi connectivity index (χ1) is 7.36. The number of methoxy groups -OCH3 is 1. The number of alkyl halides is 1. The maximum absolute atomic E-state index is 12.0. The molecule has 0 aliphatic carbocycles. The van der Waals surface area contributed by atoms with Crippen molar-refractivity contribution < 1.29 is 9.53 Å². The molecule has 0 N–H and O–H groups in total. The molecule has 1 rings (SSSR count). The Morgan fingerprint density at radius 2 is 1.75 bits per heavy atom. The third-order valence-electron chi connectivity index (χ3n) is 2.38. The van der Waals surface area contributed by atoms with Gasteiger partial charge in [0.25, 0.3) is 0 Å². The van der Waals surface area contributed by atoms with Crippen molar-refractivity contribution in [1.29, 1.82) is 0 Å². The van der Waals surface area contributed by atoms with Gasteiger partial charge in [-0.3, -0.25) is 4.79 Å². The van der Waals surface area contributed by atoms with Gasteiger partial charge in [0, 0.05) is 5.41 Å². The van der Waals surface area contributed by atoms with Crippen molar-refractivity contribution in [2.75, 3.05) is 7.11 Å². The Kier molecular flexibility index (Phi) is 4.14. The molecule has 0 fully saturated rings. The van der Waals surface area contributed by atoms with Crippen molar-refractivity contribution in [2.24, 2.45) is 5.41 Å². The third-order valence-corrected chi connectivity index (χ3v) is 3.32. The molecule has 0 saturated heterocycles. The van der Waals surface area contributed by atoms with E-state index in [1.165, 1.54) is 0 Å². The van der Waals surface area contributed by atoms with Gasteiger partial charge in [-0.05, 0) is 17.7 Å². The Bertz CT molecular complexity index is 363. The molecule has 0 aliphatic rings. The molecule has 0 radical (unpaired) electrons. The van der Waals surface area contributed by atoms with Crippen LogP contribution >= 0.6 is 15.9 Å². The zero-order chi connectivity index (χ0) is 12.3. The number of benzene rings is 1. The van der Waals surface area contributed by atoms with Gasteiger partial charge in [-0.25, -0.2) is 0 Å². The molecule has 3 heteroatoms. The van der Waals surface area contributed by atoms with E-state index in [9.17, 15) is 4.79 Å². The first-order valence-corrected chi connectivity index (χ1v) is 6.10. The fourth-order valence-corrected chi connectivity index (χ4v) is 2.30. The minimum atomic E-state index is -0.339. The van der Waals surface area contributed by atoms with E-state index < -0.39 is 0 Å². The molecule has 0 spiro atoms. The number of hydrogen-bond acceptors (Lipinski definition) is 2. The zero-order valence-corrected chi connectivity index (χ0v) is 11.7. The van der Waals surface area contributed by atoms with E-state index in [0.717, 1.165) is 11.3 Å². The number of ether oxygens (including phenoxy) is 1. The van der Waals surface area contributed by atoms with Gasteiger partial charge < -0.3 is 4.74 Å². The van der Waals surface area contributed by atoms with Crippen molar-refractivity contribution in [3.8, 4) is 5.75 Å². The molecule has 0 saturated carbocycles. The van der Waals surface area contributed by atoms with Crippen LogP contribution in [-0.2, 0) is 4.79 Å². The zero-order valence-electron chi connectivity index (χ0n) is 10.1. The molecule has 1 aromatic carbocycles. The predicted octanol–water partition coefficient (Wildman–Crippen LogP) is 3.75. The summed E-state index contributed by atoms with van der Waals surface area (Å²) < 4.78 is 5.08. The van der Waals surface area contributed by atoms with Crippen LogP contribution in [0.2, 0.25) is 0 Å². The van der Waals surface area contributed by atoms with Gasteiger partial charge in [0.1, 0.15) is 5.75 Å². The Morgan fingerprint density at radius 1 is 1.25 bits per heavy atom. The van der Waals surface area contributed by atoms with Crippen LogP contribution in [0, 0.1) is 5.41 Å². The second-order valence-electron chi connectivity index (χ2n) is 4.75. The highest BCUT2D eigenvalue weighted by atomic mass is 79.9. The van der Waals surface area contributed by atoms with Crippen molar-refractivity contribution in [3.63, 3.8) is 0 Å². The lowest BCUT2D eigenvalue weighted by Crippen LogP contribution is -2.23. The van der Waals surface area contributed by atoms with Gasteiger partial charge in [0.2, 0.25) is 0 Å². The lowest BCUT2D eigenvalue weighted by molar-refractivity contribution is -0.125. The van der Waals surface area contributed by atoms with Crippen molar-refractivity contribution in [1.82, 2.24) is 0 Å². The van der Waals surface area contributed by atoms with Crippen LogP contribution in [0.4, 0.5) is 0 Å². The van der Waals surface area contributed by atoms with E-state index in [-0.39, 0.29) is 16.0 Å². The van der Waals surface area contributed by atoms with Crippen LogP contribution in [0.3, 0.4) is 0 Å². The Labute approximate surface area is 105 Å². The average molecular weight is 285 g/mol. The summed E-state index contributed by atoms with van der Waals surface area (Å²) in [5.41, 5.74) is 0.620. The SMILES string of the molecule is COc1ccc(C(Br)C(=O)C(C)(C)C)cc1. The van der Waals surface area contributed by atoms with Crippen LogP contribution in [0.25, 0.3) is 0 Å². The molecular weight excluding hydrogens is 268 g/mol. The van der Waals surface area contributed by atoms with Gasteiger partial charge in [-0.15, -0.1) is 0 Å². The number of rotatable bonds is 3. The maximum Gasteiger partial charge on any atom is 0.156 e. The smallest absolute Gasteiger partial charge is 0.156 e. The first kappa shape index (κ1) is 13.2. The molecule has 1 atom stereocenters. The highest BCUT2D eigenvalue weighted by Gasteiger charge is 2.28. The molecule has 0 bridgehead atoms. The van der Waals surface area contributed by atoms with Crippen LogP contribution in [0.5, 0.6) is 5.75 Å². The molecule has 0 aliphatic heterocycles. The van der Waals surface area contributed by atoms with Gasteiger partial charge >= 0.3 is 0 Å². The van der Waals surface area contributed by atoms with E-state index in [1.807, 2.05) is 45.0 Å². The molecular formula is C13H17BrO2. The van der Waals surface area contributed by atoms with Crippen LogP contribution in [0.15, 0.2) is 24.3 Å². The molecule has 16 heavy (non-hydrogen) atoms. The first-order valence-electron chi connectivity index (χ1n) is 5.18. The highest BCUT2D eigenvalue weighted by Crippen LogP contribution is 2.32. The molecule has 0 heterocycles. The molecule has 2 nitrogen and oxygen atoms in total. The number of Topliss-reactive ketones (excluding diaryl/α,β-unsaturated/α-hetero) is 1. The van der Waals surface area contributed by atoms with Crippen LogP contribution < -0.4 is 4.74 Å². The highest BCUT2D eigenvalue weighted by molar-refractivity contribution is 9.09. The number of hydrogen-bond donors (Lipinski definition) is 0. The van der Waals surface area contributed by atoms with Crippen molar-refractivity contribution in [2.45, 2.75) is 25.6 Å². The Hall–Kier alpha value is -0.830. The Morgan fingerprint density at radius 3 is 2.12 bits per heavy atom. The van der Waals surface area contributed by atoms with Gasteiger partial charge in [0.05, 0.1) is 11.9 Å². The van der Waals surface area contributed by atoms with Crippen LogP contribution in [-0.4, -0.2) is 12.9 Å². The van der Waals surface area contributed by atoms with E-state index in [0.29, 0.717) is 0 Å². The lowest BCUT2D eigenvalue weighted by Gasteiger charge is -2.21. The van der Waals surface area contributed by atoms with Crippen molar-refractivity contribution >= 4 is 21.7 Å². The molecule has 0 amide bonds. The lowest BCUT2D eigenvalue weighted by atomic mass is 9.87. The standard InChI is InChI=1S/C13H17BrO2/c1-13(2,3)12(15)11(14)9-5-7-10(16-4)8-6-9/h5-8,11H,1-4H3. The topological polar surface area (TPSA) is 26.3 Å². The second kappa shape index (κ2) is 5.00. The average Bonchev–Trinajstić information content (AvgIpc) is 2.26. The quantitative estimate of drug-likeness (QED) is 0.791. The van der Waals surface area contributed by atoms with Crippen LogP contribution in [0.1, 0.15) is 31.2 Å². The summed E-state index contributed by atoms with van der Waals surface area (Å²) in [6.07, 6.45) is 0. The fraction of sp³-hybridized carbons (Fsp3) is 0.462. The van der Waals surface area contributed by atoms with E-state index in [2.05, 4.69) is 15.9 Å². The summed E-state index contributed by atoms with van der Waals surface area (Å²) in [6.45, 7) is 5.77. The predicted molar refractivity (Wildman–Crippen MR) is 69.1 cm³/mol. The van der Waals surface area contributed by atoms with E-state index >= 15 is 0 Å². The Balaban J connectivity index is 2.88.